The van der Waals surface area contributed by atoms with Crippen LogP contribution in [0.15, 0.2) is 30.3 Å². The van der Waals surface area contributed by atoms with E-state index in [1.165, 1.54) is 11.3 Å². The zero-order valence-electron chi connectivity index (χ0n) is 9.33. The molecule has 2 nitrogen and oxygen atoms in total. The topological polar surface area (TPSA) is 35.8 Å². The molecule has 1 heterocycles. The summed E-state index contributed by atoms with van der Waals surface area (Å²) in [5.74, 6) is 0. The van der Waals surface area contributed by atoms with E-state index in [0.717, 1.165) is 32.4 Å². The molecule has 0 aliphatic heterocycles. The lowest BCUT2D eigenvalue weighted by Gasteiger charge is -2.05. The van der Waals surface area contributed by atoms with Gasteiger partial charge in [0.05, 0.1) is 0 Å². The van der Waals surface area contributed by atoms with E-state index in [1.54, 1.807) is 0 Å². The first-order valence-corrected chi connectivity index (χ1v) is 6.37. The normalized spacial score (nSPS) is 10.2. The Kier molecular flexibility index (Phi) is 3.80. The second-order valence-corrected chi connectivity index (χ2v) is 5.10. The molecule has 2 aromatic rings. The van der Waals surface area contributed by atoms with Gasteiger partial charge in [-0.15, -0.1) is 11.3 Å². The molecule has 0 spiro atoms. The van der Waals surface area contributed by atoms with Crippen LogP contribution in [0, 0.1) is 11.3 Å². The van der Waals surface area contributed by atoms with Gasteiger partial charge in [0.15, 0.2) is 0 Å². The van der Waals surface area contributed by atoms with E-state index in [2.05, 4.69) is 11.4 Å². The molecule has 0 radical (unpaired) electrons. The number of rotatable bonds is 3. The van der Waals surface area contributed by atoms with Crippen LogP contribution < -0.4 is 5.32 Å². The van der Waals surface area contributed by atoms with Crippen LogP contribution in [0.3, 0.4) is 0 Å². The number of hydrogen-bond donors (Lipinski definition) is 1. The summed E-state index contributed by atoms with van der Waals surface area (Å²) in [6.45, 7) is 0.757. The first kappa shape index (κ1) is 12.1. The zero-order valence-corrected chi connectivity index (χ0v) is 10.9. The molecule has 86 valence electrons. The molecule has 0 saturated heterocycles. The van der Waals surface area contributed by atoms with Gasteiger partial charge in [-0.3, -0.25) is 0 Å². The first-order chi connectivity index (χ1) is 8.24. The molecular formula is C13H11ClN2S. The van der Waals surface area contributed by atoms with Gasteiger partial charge in [-0.1, -0.05) is 23.7 Å². The van der Waals surface area contributed by atoms with Gasteiger partial charge in [0.2, 0.25) is 0 Å². The minimum atomic E-state index is 0.718. The van der Waals surface area contributed by atoms with Crippen LogP contribution in [0.25, 0.3) is 10.4 Å². The summed E-state index contributed by atoms with van der Waals surface area (Å²) in [7, 11) is 1.89. The Morgan fingerprint density at radius 1 is 1.35 bits per heavy atom. The van der Waals surface area contributed by atoms with E-state index in [-0.39, 0.29) is 0 Å². The summed E-state index contributed by atoms with van der Waals surface area (Å²) >= 11 is 7.68. The highest BCUT2D eigenvalue weighted by molar-refractivity contribution is 7.16. The molecule has 1 aromatic carbocycles. The van der Waals surface area contributed by atoms with Crippen LogP contribution in [0.5, 0.6) is 0 Å². The van der Waals surface area contributed by atoms with Crippen molar-refractivity contribution in [2.75, 3.05) is 7.05 Å². The number of nitriles is 1. The summed E-state index contributed by atoms with van der Waals surface area (Å²) in [4.78, 5) is 1.79. The van der Waals surface area contributed by atoms with Gasteiger partial charge in [0, 0.05) is 16.4 Å². The van der Waals surface area contributed by atoms with Crippen LogP contribution in [0.1, 0.15) is 10.4 Å². The predicted octanol–water partition coefficient (Wildman–Crippen LogP) is 3.66. The average Bonchev–Trinajstić information content (AvgIpc) is 2.80. The van der Waals surface area contributed by atoms with E-state index in [4.69, 9.17) is 16.9 Å². The van der Waals surface area contributed by atoms with Gasteiger partial charge in [-0.05, 0) is 36.4 Å². The van der Waals surface area contributed by atoms with Crippen molar-refractivity contribution in [2.24, 2.45) is 0 Å². The van der Waals surface area contributed by atoms with Crippen molar-refractivity contribution < 1.29 is 0 Å². The second kappa shape index (κ2) is 5.33. The SMILES string of the molecule is CNCc1ccc(-c2ccc(C#N)s2)cc1Cl. The van der Waals surface area contributed by atoms with Crippen molar-refractivity contribution >= 4 is 22.9 Å². The Balaban J connectivity index is 2.34. The van der Waals surface area contributed by atoms with Crippen molar-refractivity contribution in [2.45, 2.75) is 6.54 Å². The maximum Gasteiger partial charge on any atom is 0.110 e. The number of benzene rings is 1. The first-order valence-electron chi connectivity index (χ1n) is 5.18. The van der Waals surface area contributed by atoms with E-state index >= 15 is 0 Å². The third kappa shape index (κ3) is 2.67. The molecule has 17 heavy (non-hydrogen) atoms. The molecule has 0 fully saturated rings. The van der Waals surface area contributed by atoms with E-state index in [0.29, 0.717) is 0 Å². The van der Waals surface area contributed by atoms with Gasteiger partial charge < -0.3 is 5.32 Å². The third-order valence-electron chi connectivity index (χ3n) is 2.42. The molecular weight excluding hydrogens is 252 g/mol. The molecule has 4 heteroatoms. The summed E-state index contributed by atoms with van der Waals surface area (Å²) in [6, 6.07) is 11.9. The summed E-state index contributed by atoms with van der Waals surface area (Å²) in [6.07, 6.45) is 0. The van der Waals surface area contributed by atoms with Gasteiger partial charge >= 0.3 is 0 Å². The Hall–Kier alpha value is -1.34. The third-order valence-corrected chi connectivity index (χ3v) is 3.81. The maximum atomic E-state index is 8.79. The van der Waals surface area contributed by atoms with E-state index < -0.39 is 0 Å². The van der Waals surface area contributed by atoms with Crippen LogP contribution in [-0.2, 0) is 6.54 Å². The highest BCUT2D eigenvalue weighted by Crippen LogP contribution is 2.30. The average molecular weight is 263 g/mol. The van der Waals surface area contributed by atoms with Crippen LogP contribution >= 0.6 is 22.9 Å². The number of thiophene rings is 1. The van der Waals surface area contributed by atoms with Crippen molar-refractivity contribution in [1.82, 2.24) is 5.32 Å². The Morgan fingerprint density at radius 3 is 2.76 bits per heavy atom. The summed E-state index contributed by atoms with van der Waals surface area (Å²) < 4.78 is 0. The molecule has 0 saturated carbocycles. The van der Waals surface area contributed by atoms with Gasteiger partial charge in [0.1, 0.15) is 10.9 Å². The van der Waals surface area contributed by atoms with E-state index in [1.807, 2.05) is 37.4 Å². The Labute approximate surface area is 109 Å². The largest absolute Gasteiger partial charge is 0.316 e. The molecule has 0 unspecified atom stereocenters. The smallest absolute Gasteiger partial charge is 0.110 e. The number of hydrogen-bond acceptors (Lipinski definition) is 3. The monoisotopic (exact) mass is 262 g/mol. The van der Waals surface area contributed by atoms with Crippen LogP contribution in [-0.4, -0.2) is 7.05 Å². The Bertz CT molecular complexity index is 569. The van der Waals surface area contributed by atoms with Crippen molar-refractivity contribution in [3.8, 4) is 16.5 Å². The lowest BCUT2D eigenvalue weighted by Crippen LogP contribution is -2.05. The predicted molar refractivity (Wildman–Crippen MR) is 72.2 cm³/mol. The minimum absolute atomic E-state index is 0.718. The van der Waals surface area contributed by atoms with Crippen molar-refractivity contribution in [3.05, 3.63) is 45.8 Å². The van der Waals surface area contributed by atoms with Gasteiger partial charge in [-0.25, -0.2) is 0 Å². The highest BCUT2D eigenvalue weighted by atomic mass is 35.5. The van der Waals surface area contributed by atoms with Crippen LogP contribution in [0.4, 0.5) is 0 Å². The number of nitrogens with one attached hydrogen (secondary N) is 1. The van der Waals surface area contributed by atoms with Crippen LogP contribution in [0.2, 0.25) is 5.02 Å². The van der Waals surface area contributed by atoms with Crippen molar-refractivity contribution in [1.29, 1.82) is 5.26 Å². The highest BCUT2D eigenvalue weighted by Gasteiger charge is 2.05. The molecule has 1 N–H and O–H groups in total. The lowest BCUT2D eigenvalue weighted by atomic mass is 10.1. The fourth-order valence-electron chi connectivity index (χ4n) is 1.59. The molecule has 0 aliphatic rings. The Morgan fingerprint density at radius 2 is 2.18 bits per heavy atom. The molecule has 0 amide bonds. The number of nitrogens with zero attached hydrogens (tertiary/aromatic N) is 1. The standard InChI is InChI=1S/C13H11ClN2S/c1-16-8-10-3-2-9(6-12(10)14)13-5-4-11(7-15)17-13/h2-6,16H,8H2,1H3. The molecule has 0 aliphatic carbocycles. The van der Waals surface area contributed by atoms with E-state index in [9.17, 15) is 0 Å². The minimum Gasteiger partial charge on any atom is -0.316 e. The fourth-order valence-corrected chi connectivity index (χ4v) is 2.63. The molecule has 2 rings (SSSR count). The number of halogens is 1. The van der Waals surface area contributed by atoms with Gasteiger partial charge in [0.25, 0.3) is 0 Å². The fraction of sp³-hybridized carbons (Fsp3) is 0.154. The molecule has 0 bridgehead atoms. The quantitative estimate of drug-likeness (QED) is 0.916. The maximum absolute atomic E-state index is 8.79. The lowest BCUT2D eigenvalue weighted by molar-refractivity contribution is 0.818. The summed E-state index contributed by atoms with van der Waals surface area (Å²) in [5, 5.41) is 12.6. The molecule has 0 atom stereocenters. The zero-order chi connectivity index (χ0) is 12.3. The summed E-state index contributed by atoms with van der Waals surface area (Å²) in [5.41, 5.74) is 2.14. The second-order valence-electron chi connectivity index (χ2n) is 3.61. The van der Waals surface area contributed by atoms with Gasteiger partial charge in [-0.2, -0.15) is 5.26 Å². The van der Waals surface area contributed by atoms with Crippen molar-refractivity contribution in [3.63, 3.8) is 0 Å². The molecule has 1 aromatic heterocycles.